The number of fused-ring (bicyclic) bond motifs is 3. The van der Waals surface area contributed by atoms with Crippen molar-refractivity contribution in [2.24, 2.45) is 19.2 Å². The Hall–Kier alpha value is -2.71. The van der Waals surface area contributed by atoms with E-state index in [2.05, 4.69) is 10.1 Å². The van der Waals surface area contributed by atoms with E-state index in [1.807, 2.05) is 13.8 Å². The van der Waals surface area contributed by atoms with Gasteiger partial charge in [0.2, 0.25) is 5.95 Å². The lowest BCUT2D eigenvalue weighted by Gasteiger charge is -2.28. The standard InChI is InChI=1S/C14H18N6O3/c1-7(21)6-19-13-15-11-10(20(13)9(3)8(2)16-19)12(22)18(5)14(23)17(11)4/h9H,6H2,1-5H3/t9-/m0/s1. The van der Waals surface area contributed by atoms with E-state index in [9.17, 15) is 14.4 Å². The lowest BCUT2D eigenvalue weighted by atomic mass is 10.2. The first-order valence-electron chi connectivity index (χ1n) is 7.24. The number of hydrazone groups is 1. The minimum Gasteiger partial charge on any atom is -0.298 e. The van der Waals surface area contributed by atoms with E-state index in [4.69, 9.17) is 0 Å². The van der Waals surface area contributed by atoms with Crippen LogP contribution in [0.15, 0.2) is 14.7 Å². The summed E-state index contributed by atoms with van der Waals surface area (Å²) in [6, 6.07) is -0.191. The van der Waals surface area contributed by atoms with Crippen molar-refractivity contribution in [1.29, 1.82) is 0 Å². The van der Waals surface area contributed by atoms with E-state index in [1.165, 1.54) is 23.5 Å². The highest BCUT2D eigenvalue weighted by molar-refractivity contribution is 5.92. The second kappa shape index (κ2) is 4.90. The Bertz CT molecular complexity index is 977. The van der Waals surface area contributed by atoms with E-state index >= 15 is 0 Å². The second-order valence-electron chi connectivity index (χ2n) is 5.84. The number of imidazole rings is 1. The van der Waals surface area contributed by atoms with Gasteiger partial charge >= 0.3 is 5.69 Å². The molecule has 9 heteroatoms. The van der Waals surface area contributed by atoms with Crippen LogP contribution in [0.1, 0.15) is 26.8 Å². The summed E-state index contributed by atoms with van der Waals surface area (Å²) < 4.78 is 4.12. The third kappa shape index (κ3) is 2.03. The third-order valence-electron chi connectivity index (χ3n) is 4.15. The first-order chi connectivity index (χ1) is 10.7. The zero-order valence-corrected chi connectivity index (χ0v) is 13.7. The summed E-state index contributed by atoms with van der Waals surface area (Å²) in [5, 5.41) is 5.87. The van der Waals surface area contributed by atoms with Crippen molar-refractivity contribution in [3.05, 3.63) is 20.8 Å². The van der Waals surface area contributed by atoms with Crippen LogP contribution in [-0.2, 0) is 18.9 Å². The Morgan fingerprint density at radius 3 is 2.48 bits per heavy atom. The molecule has 0 amide bonds. The Morgan fingerprint density at radius 2 is 1.87 bits per heavy atom. The average molecular weight is 318 g/mol. The number of ketones is 1. The first-order valence-corrected chi connectivity index (χ1v) is 7.24. The van der Waals surface area contributed by atoms with Gasteiger partial charge in [-0.3, -0.25) is 23.3 Å². The molecule has 0 spiro atoms. The zero-order chi connectivity index (χ0) is 17.0. The molecule has 0 N–H and O–H groups in total. The minimum atomic E-state index is -0.443. The lowest BCUT2D eigenvalue weighted by molar-refractivity contribution is -0.115. The fourth-order valence-electron chi connectivity index (χ4n) is 2.77. The largest absolute Gasteiger partial charge is 0.332 e. The number of Topliss-reactive ketones (excluding diaryl/α,β-unsaturated/α-hetero) is 1. The van der Waals surface area contributed by atoms with Crippen LogP contribution in [0, 0.1) is 0 Å². The number of hydrogen-bond donors (Lipinski definition) is 0. The molecule has 9 nitrogen and oxygen atoms in total. The fraction of sp³-hybridized carbons (Fsp3) is 0.500. The van der Waals surface area contributed by atoms with Gasteiger partial charge < -0.3 is 0 Å². The Labute approximate surface area is 131 Å². The van der Waals surface area contributed by atoms with Gasteiger partial charge in [-0.1, -0.05) is 0 Å². The van der Waals surface area contributed by atoms with Gasteiger partial charge in [0.1, 0.15) is 6.54 Å². The molecule has 0 saturated carbocycles. The van der Waals surface area contributed by atoms with Crippen molar-refractivity contribution in [3.63, 3.8) is 0 Å². The molecule has 1 aliphatic heterocycles. The van der Waals surface area contributed by atoms with E-state index < -0.39 is 11.2 Å². The van der Waals surface area contributed by atoms with Crippen molar-refractivity contribution in [3.8, 4) is 0 Å². The van der Waals surface area contributed by atoms with Crippen LogP contribution < -0.4 is 16.3 Å². The van der Waals surface area contributed by atoms with Crippen LogP contribution in [0.5, 0.6) is 0 Å². The SMILES string of the molecule is CC(=O)CN1N=C(C)[C@H](C)n2c1nc1c2c(=O)n(C)c(=O)n1C. The minimum absolute atomic E-state index is 0.0572. The summed E-state index contributed by atoms with van der Waals surface area (Å²) in [5.41, 5.74) is 0.528. The molecule has 2 aromatic heterocycles. The van der Waals surface area contributed by atoms with E-state index in [0.29, 0.717) is 17.1 Å². The maximum Gasteiger partial charge on any atom is 0.332 e. The summed E-state index contributed by atoms with van der Waals surface area (Å²) in [6.45, 7) is 5.25. The van der Waals surface area contributed by atoms with Crippen molar-refractivity contribution in [2.45, 2.75) is 26.8 Å². The smallest absolute Gasteiger partial charge is 0.298 e. The summed E-state index contributed by atoms with van der Waals surface area (Å²) in [4.78, 5) is 40.6. The lowest BCUT2D eigenvalue weighted by Crippen LogP contribution is -2.39. The highest BCUT2D eigenvalue weighted by Gasteiger charge is 2.30. The molecule has 23 heavy (non-hydrogen) atoms. The molecule has 122 valence electrons. The number of hydrogen-bond acceptors (Lipinski definition) is 6. The molecule has 0 fully saturated rings. The maximum atomic E-state index is 12.6. The molecular formula is C14H18N6O3. The predicted octanol–water partition coefficient (Wildman–Crippen LogP) is -0.220. The quantitative estimate of drug-likeness (QED) is 0.763. The Kier molecular flexibility index (Phi) is 3.24. The second-order valence-corrected chi connectivity index (χ2v) is 5.84. The molecule has 0 unspecified atom stereocenters. The van der Waals surface area contributed by atoms with Gasteiger partial charge in [-0.15, -0.1) is 0 Å². The molecule has 0 bridgehead atoms. The van der Waals surface area contributed by atoms with Gasteiger partial charge in [0.15, 0.2) is 16.9 Å². The number of anilines is 1. The zero-order valence-electron chi connectivity index (χ0n) is 13.7. The van der Waals surface area contributed by atoms with Crippen LogP contribution in [0.4, 0.5) is 5.95 Å². The monoisotopic (exact) mass is 318 g/mol. The summed E-state index contributed by atoms with van der Waals surface area (Å²) in [6.07, 6.45) is 0. The summed E-state index contributed by atoms with van der Waals surface area (Å²) in [5.74, 6) is 0.322. The van der Waals surface area contributed by atoms with E-state index in [1.54, 1.807) is 11.6 Å². The molecule has 3 heterocycles. The van der Waals surface area contributed by atoms with E-state index in [-0.39, 0.29) is 18.4 Å². The Balaban J connectivity index is 2.43. The predicted molar refractivity (Wildman–Crippen MR) is 86.1 cm³/mol. The van der Waals surface area contributed by atoms with Gasteiger partial charge in [-0.2, -0.15) is 10.1 Å². The molecule has 1 aliphatic rings. The average Bonchev–Trinajstić information content (AvgIpc) is 2.88. The highest BCUT2D eigenvalue weighted by atomic mass is 16.2. The van der Waals surface area contributed by atoms with Crippen LogP contribution in [0.2, 0.25) is 0 Å². The van der Waals surface area contributed by atoms with Gasteiger partial charge in [-0.05, 0) is 20.8 Å². The molecule has 0 aromatic carbocycles. The number of aromatic nitrogens is 4. The molecule has 3 rings (SSSR count). The Morgan fingerprint density at radius 1 is 1.22 bits per heavy atom. The molecule has 0 radical (unpaired) electrons. The van der Waals surface area contributed by atoms with Crippen LogP contribution in [0.25, 0.3) is 11.2 Å². The number of carbonyl (C=O) groups excluding carboxylic acids is 1. The maximum absolute atomic E-state index is 12.6. The molecular weight excluding hydrogens is 300 g/mol. The molecule has 1 atom stereocenters. The van der Waals surface area contributed by atoms with E-state index in [0.717, 1.165) is 10.3 Å². The van der Waals surface area contributed by atoms with Crippen molar-refractivity contribution in [2.75, 3.05) is 11.6 Å². The summed E-state index contributed by atoms with van der Waals surface area (Å²) in [7, 11) is 3.00. The van der Waals surface area contributed by atoms with Crippen molar-refractivity contribution >= 4 is 28.6 Å². The van der Waals surface area contributed by atoms with Crippen molar-refractivity contribution < 1.29 is 4.79 Å². The normalized spacial score (nSPS) is 17.3. The molecule has 2 aromatic rings. The van der Waals surface area contributed by atoms with Crippen molar-refractivity contribution in [1.82, 2.24) is 18.7 Å². The van der Waals surface area contributed by atoms with Crippen LogP contribution in [-0.4, -0.2) is 36.7 Å². The highest BCUT2D eigenvalue weighted by Crippen LogP contribution is 2.29. The van der Waals surface area contributed by atoms with Gasteiger partial charge in [0.25, 0.3) is 5.56 Å². The fourth-order valence-corrected chi connectivity index (χ4v) is 2.77. The van der Waals surface area contributed by atoms with Gasteiger partial charge in [0.05, 0.1) is 11.8 Å². The summed E-state index contributed by atoms with van der Waals surface area (Å²) >= 11 is 0. The van der Waals surface area contributed by atoms with Gasteiger partial charge in [-0.25, -0.2) is 9.80 Å². The number of carbonyl (C=O) groups is 1. The van der Waals surface area contributed by atoms with Gasteiger partial charge in [0, 0.05) is 14.1 Å². The molecule has 0 aliphatic carbocycles. The first kappa shape index (κ1) is 15.2. The van der Waals surface area contributed by atoms with Crippen LogP contribution in [0.3, 0.4) is 0 Å². The number of nitrogens with zero attached hydrogens (tertiary/aromatic N) is 6. The number of aryl methyl sites for hydroxylation is 1. The third-order valence-corrected chi connectivity index (χ3v) is 4.15. The van der Waals surface area contributed by atoms with Crippen LogP contribution >= 0.6 is 0 Å². The topological polar surface area (TPSA) is 94.5 Å². The molecule has 0 saturated heterocycles. The number of rotatable bonds is 2.